The van der Waals surface area contributed by atoms with Crippen molar-refractivity contribution in [3.05, 3.63) is 90.6 Å². The van der Waals surface area contributed by atoms with Crippen LogP contribution in [0, 0.1) is 6.92 Å². The molecule has 2 aromatic carbocycles. The lowest BCUT2D eigenvalue weighted by atomic mass is 9.99. The van der Waals surface area contributed by atoms with E-state index in [9.17, 15) is 0 Å². The number of ether oxygens (including phenoxy) is 1. The zero-order chi connectivity index (χ0) is 21.9. The van der Waals surface area contributed by atoms with Gasteiger partial charge in [-0.1, -0.05) is 36.4 Å². The molecule has 0 radical (unpaired) electrons. The van der Waals surface area contributed by atoms with E-state index in [1.54, 1.807) is 18.7 Å². The minimum absolute atomic E-state index is 0.0724. The number of nitrogens with zero attached hydrogens (tertiary/aromatic N) is 2. The summed E-state index contributed by atoms with van der Waals surface area (Å²) < 4.78 is 11.6. The van der Waals surface area contributed by atoms with Gasteiger partial charge in [-0.3, -0.25) is 10.1 Å². The van der Waals surface area contributed by atoms with Gasteiger partial charge < -0.3 is 9.15 Å². The van der Waals surface area contributed by atoms with Crippen molar-refractivity contribution in [1.29, 1.82) is 0 Å². The van der Waals surface area contributed by atoms with Gasteiger partial charge in [-0.15, -0.1) is 0 Å². The molecule has 0 amide bonds. The van der Waals surface area contributed by atoms with Gasteiger partial charge in [0.15, 0.2) is 0 Å². The molecule has 0 spiro atoms. The van der Waals surface area contributed by atoms with E-state index in [0.717, 1.165) is 57.6 Å². The van der Waals surface area contributed by atoms with Crippen molar-refractivity contribution in [2.45, 2.75) is 32.8 Å². The maximum Gasteiger partial charge on any atom is 0.138 e. The number of H-pyrrole nitrogens is 1. The fourth-order valence-electron chi connectivity index (χ4n) is 3.97. The second-order valence-corrected chi connectivity index (χ2v) is 8.11. The number of benzene rings is 2. The molecular formula is C27H25N3O2. The first-order chi connectivity index (χ1) is 15.7. The van der Waals surface area contributed by atoms with Crippen LogP contribution in [0.2, 0.25) is 0 Å². The van der Waals surface area contributed by atoms with Crippen LogP contribution in [0.4, 0.5) is 0 Å². The van der Waals surface area contributed by atoms with Gasteiger partial charge in [-0.05, 0) is 62.1 Å². The first kappa shape index (κ1) is 20.1. The predicted molar refractivity (Wildman–Crippen MR) is 127 cm³/mol. The van der Waals surface area contributed by atoms with Crippen molar-refractivity contribution in [3.8, 4) is 28.1 Å². The Kier molecular flexibility index (Phi) is 5.46. The molecule has 0 aliphatic heterocycles. The summed E-state index contributed by atoms with van der Waals surface area (Å²) >= 11 is 0. The lowest BCUT2D eigenvalue weighted by Gasteiger charge is -2.17. The zero-order valence-electron chi connectivity index (χ0n) is 18.2. The van der Waals surface area contributed by atoms with Gasteiger partial charge in [0.05, 0.1) is 36.0 Å². The highest BCUT2D eigenvalue weighted by Crippen LogP contribution is 2.35. The third-order valence-corrected chi connectivity index (χ3v) is 5.73. The summed E-state index contributed by atoms with van der Waals surface area (Å²) in [5.41, 5.74) is 7.18. The SMILES string of the molecule is Cc1[nH]nc2ccc(-c3cc(OC(C)CCc4ccccc4)cnc3-c3ccoc3)cc12. The molecule has 0 aliphatic rings. The summed E-state index contributed by atoms with van der Waals surface area (Å²) in [5, 5.41) is 8.50. The predicted octanol–water partition coefficient (Wildman–Crippen LogP) is 6.59. The lowest BCUT2D eigenvalue weighted by Crippen LogP contribution is -2.13. The van der Waals surface area contributed by atoms with Crippen LogP contribution < -0.4 is 4.74 Å². The highest BCUT2D eigenvalue weighted by Gasteiger charge is 2.15. The molecule has 0 bridgehead atoms. The van der Waals surface area contributed by atoms with E-state index in [1.165, 1.54) is 5.56 Å². The monoisotopic (exact) mass is 423 g/mol. The summed E-state index contributed by atoms with van der Waals surface area (Å²) in [7, 11) is 0. The molecule has 0 aliphatic carbocycles. The van der Waals surface area contributed by atoms with Gasteiger partial charge in [-0.2, -0.15) is 5.10 Å². The molecule has 5 rings (SSSR count). The van der Waals surface area contributed by atoms with Crippen LogP contribution in [-0.2, 0) is 6.42 Å². The number of aromatic nitrogens is 3. The summed E-state index contributed by atoms with van der Waals surface area (Å²) in [6.45, 7) is 4.13. The molecule has 5 nitrogen and oxygen atoms in total. The molecule has 1 unspecified atom stereocenters. The largest absolute Gasteiger partial charge is 0.489 e. The normalized spacial score (nSPS) is 12.2. The zero-order valence-corrected chi connectivity index (χ0v) is 18.2. The maximum atomic E-state index is 6.26. The molecule has 1 N–H and O–H groups in total. The van der Waals surface area contributed by atoms with E-state index in [2.05, 4.69) is 59.6 Å². The van der Waals surface area contributed by atoms with Gasteiger partial charge in [0.2, 0.25) is 0 Å². The molecular weight excluding hydrogens is 398 g/mol. The van der Waals surface area contributed by atoms with E-state index in [4.69, 9.17) is 14.1 Å². The summed E-state index contributed by atoms with van der Waals surface area (Å²) in [5.74, 6) is 0.761. The average molecular weight is 424 g/mol. The molecule has 1 atom stereocenters. The van der Waals surface area contributed by atoms with Crippen molar-refractivity contribution in [2.75, 3.05) is 0 Å². The Morgan fingerprint density at radius 3 is 2.72 bits per heavy atom. The molecule has 0 fully saturated rings. The average Bonchev–Trinajstić information content (AvgIpc) is 3.49. The number of nitrogens with one attached hydrogen (secondary N) is 1. The summed E-state index contributed by atoms with van der Waals surface area (Å²) in [4.78, 5) is 4.75. The van der Waals surface area contributed by atoms with Crippen LogP contribution in [0.1, 0.15) is 24.6 Å². The molecule has 160 valence electrons. The molecule has 0 saturated heterocycles. The molecule has 0 saturated carbocycles. The maximum absolute atomic E-state index is 6.26. The number of hydrogen-bond acceptors (Lipinski definition) is 4. The fraction of sp³-hybridized carbons (Fsp3) is 0.185. The second-order valence-electron chi connectivity index (χ2n) is 8.11. The molecule has 32 heavy (non-hydrogen) atoms. The number of furan rings is 1. The first-order valence-corrected chi connectivity index (χ1v) is 10.9. The van der Waals surface area contributed by atoms with Gasteiger partial charge in [0.25, 0.3) is 0 Å². The fourth-order valence-corrected chi connectivity index (χ4v) is 3.97. The van der Waals surface area contributed by atoms with Crippen LogP contribution in [0.15, 0.2) is 83.8 Å². The Hall–Kier alpha value is -3.86. The van der Waals surface area contributed by atoms with Crippen LogP contribution in [-0.4, -0.2) is 21.3 Å². The van der Waals surface area contributed by atoms with E-state index >= 15 is 0 Å². The van der Waals surface area contributed by atoms with Crippen molar-refractivity contribution in [3.63, 3.8) is 0 Å². The number of aromatic amines is 1. The number of pyridine rings is 1. The first-order valence-electron chi connectivity index (χ1n) is 10.9. The third kappa shape index (κ3) is 4.14. The van der Waals surface area contributed by atoms with E-state index in [-0.39, 0.29) is 6.10 Å². The van der Waals surface area contributed by atoms with Crippen LogP contribution >= 0.6 is 0 Å². The van der Waals surface area contributed by atoms with Gasteiger partial charge >= 0.3 is 0 Å². The lowest BCUT2D eigenvalue weighted by molar-refractivity contribution is 0.211. The summed E-state index contributed by atoms with van der Waals surface area (Å²) in [6, 6.07) is 20.8. The Labute approximate surface area is 187 Å². The topological polar surface area (TPSA) is 63.9 Å². The standard InChI is InChI=1S/C27H25N3O2/c1-18(8-9-20-6-4-3-5-7-20)32-23-15-25(27(28-16-23)22-12-13-31-17-22)21-10-11-26-24(14-21)19(2)29-30-26/h3-7,10-18H,8-9H2,1-2H3,(H,29,30). The minimum atomic E-state index is 0.0724. The highest BCUT2D eigenvalue weighted by molar-refractivity contribution is 5.90. The van der Waals surface area contributed by atoms with Gasteiger partial charge in [0.1, 0.15) is 5.75 Å². The van der Waals surface area contributed by atoms with E-state index in [1.807, 2.05) is 25.1 Å². The quantitative estimate of drug-likeness (QED) is 0.321. The third-order valence-electron chi connectivity index (χ3n) is 5.73. The van der Waals surface area contributed by atoms with Gasteiger partial charge in [-0.25, -0.2) is 0 Å². The van der Waals surface area contributed by atoms with Crippen LogP contribution in [0.25, 0.3) is 33.3 Å². The Bertz CT molecular complexity index is 1320. The van der Waals surface area contributed by atoms with Crippen LogP contribution in [0.5, 0.6) is 5.75 Å². The van der Waals surface area contributed by atoms with E-state index in [0.29, 0.717) is 0 Å². The van der Waals surface area contributed by atoms with Crippen molar-refractivity contribution in [2.24, 2.45) is 0 Å². The number of hydrogen-bond donors (Lipinski definition) is 1. The second kappa shape index (κ2) is 8.71. The Balaban J connectivity index is 1.45. The molecule has 5 aromatic rings. The molecule has 3 heterocycles. The van der Waals surface area contributed by atoms with Gasteiger partial charge in [0, 0.05) is 22.2 Å². The van der Waals surface area contributed by atoms with Crippen molar-refractivity contribution >= 4 is 10.9 Å². The summed E-state index contributed by atoms with van der Waals surface area (Å²) in [6.07, 6.45) is 7.17. The molecule has 3 aromatic heterocycles. The smallest absolute Gasteiger partial charge is 0.138 e. The Morgan fingerprint density at radius 2 is 1.91 bits per heavy atom. The number of aryl methyl sites for hydroxylation is 2. The minimum Gasteiger partial charge on any atom is -0.489 e. The number of rotatable bonds is 7. The van der Waals surface area contributed by atoms with Crippen molar-refractivity contribution in [1.82, 2.24) is 15.2 Å². The highest BCUT2D eigenvalue weighted by atomic mass is 16.5. The van der Waals surface area contributed by atoms with Crippen molar-refractivity contribution < 1.29 is 9.15 Å². The van der Waals surface area contributed by atoms with E-state index < -0.39 is 0 Å². The molecule has 5 heteroatoms. The van der Waals surface area contributed by atoms with Crippen LogP contribution in [0.3, 0.4) is 0 Å². The Morgan fingerprint density at radius 1 is 1.03 bits per heavy atom. The number of fused-ring (bicyclic) bond motifs is 1.